The third kappa shape index (κ3) is 5.02. The number of halogens is 3. The molecule has 16 heavy (non-hydrogen) atoms. The van der Waals surface area contributed by atoms with Crippen molar-refractivity contribution in [2.24, 2.45) is 5.73 Å². The van der Waals surface area contributed by atoms with Crippen LogP contribution in [0.3, 0.4) is 0 Å². The molecule has 0 spiro atoms. The standard InChI is InChI=1S/C11H14F3NO/c12-11(13,14)8-16-10-5-3-9(4-6-10)2-1-7-15/h3-6H,1-2,7-8,15H2. The van der Waals surface area contributed by atoms with Crippen LogP contribution >= 0.6 is 0 Å². The maximum Gasteiger partial charge on any atom is 0.422 e. The highest BCUT2D eigenvalue weighted by Gasteiger charge is 2.28. The minimum absolute atomic E-state index is 0.230. The topological polar surface area (TPSA) is 35.2 Å². The van der Waals surface area contributed by atoms with Crippen LogP contribution in [0.2, 0.25) is 0 Å². The molecule has 0 saturated carbocycles. The number of hydrogen-bond acceptors (Lipinski definition) is 2. The first-order chi connectivity index (χ1) is 7.51. The van der Waals surface area contributed by atoms with Crippen LogP contribution in [-0.2, 0) is 6.42 Å². The lowest BCUT2D eigenvalue weighted by molar-refractivity contribution is -0.153. The van der Waals surface area contributed by atoms with E-state index < -0.39 is 12.8 Å². The Labute approximate surface area is 92.2 Å². The molecule has 90 valence electrons. The molecule has 5 heteroatoms. The van der Waals surface area contributed by atoms with Gasteiger partial charge in [-0.05, 0) is 37.1 Å². The quantitative estimate of drug-likeness (QED) is 0.848. The van der Waals surface area contributed by atoms with E-state index in [-0.39, 0.29) is 5.75 Å². The van der Waals surface area contributed by atoms with Gasteiger partial charge in [0.2, 0.25) is 0 Å². The second-order valence-corrected chi connectivity index (χ2v) is 3.44. The summed E-state index contributed by atoms with van der Waals surface area (Å²) in [6.45, 7) is -0.651. The monoisotopic (exact) mass is 233 g/mol. The van der Waals surface area contributed by atoms with E-state index in [1.165, 1.54) is 12.1 Å². The molecule has 0 aliphatic rings. The van der Waals surface area contributed by atoms with Crippen molar-refractivity contribution >= 4 is 0 Å². The number of ether oxygens (including phenoxy) is 1. The smallest absolute Gasteiger partial charge is 0.422 e. The van der Waals surface area contributed by atoms with E-state index in [2.05, 4.69) is 4.74 Å². The summed E-state index contributed by atoms with van der Waals surface area (Å²) < 4.78 is 40.1. The second kappa shape index (κ2) is 5.75. The maximum absolute atomic E-state index is 11.8. The van der Waals surface area contributed by atoms with Gasteiger partial charge in [-0.25, -0.2) is 0 Å². The Kier molecular flexibility index (Phi) is 4.61. The molecule has 0 aliphatic carbocycles. The molecule has 0 bridgehead atoms. The summed E-state index contributed by atoms with van der Waals surface area (Å²) in [6, 6.07) is 6.58. The van der Waals surface area contributed by atoms with Gasteiger partial charge in [0, 0.05) is 0 Å². The van der Waals surface area contributed by atoms with Crippen molar-refractivity contribution in [1.29, 1.82) is 0 Å². The first-order valence-corrected chi connectivity index (χ1v) is 5.00. The second-order valence-electron chi connectivity index (χ2n) is 3.44. The van der Waals surface area contributed by atoms with Gasteiger partial charge in [-0.3, -0.25) is 0 Å². The van der Waals surface area contributed by atoms with Crippen LogP contribution in [0.15, 0.2) is 24.3 Å². The number of rotatable bonds is 5. The van der Waals surface area contributed by atoms with Gasteiger partial charge in [-0.2, -0.15) is 13.2 Å². The Morgan fingerprint density at radius 2 is 1.75 bits per heavy atom. The third-order valence-corrected chi connectivity index (χ3v) is 2.00. The molecule has 1 rings (SSSR count). The molecule has 0 fully saturated rings. The Bertz CT molecular complexity index is 308. The molecule has 0 aliphatic heterocycles. The first-order valence-electron chi connectivity index (χ1n) is 5.00. The number of alkyl halides is 3. The fraction of sp³-hybridized carbons (Fsp3) is 0.455. The number of nitrogens with two attached hydrogens (primary N) is 1. The van der Waals surface area contributed by atoms with Crippen molar-refractivity contribution in [3.63, 3.8) is 0 Å². The van der Waals surface area contributed by atoms with Crippen LogP contribution < -0.4 is 10.5 Å². The molecule has 2 nitrogen and oxygen atoms in total. The van der Waals surface area contributed by atoms with Crippen LogP contribution in [0.25, 0.3) is 0 Å². The SMILES string of the molecule is NCCCc1ccc(OCC(F)(F)F)cc1. The average molecular weight is 233 g/mol. The zero-order valence-electron chi connectivity index (χ0n) is 8.76. The van der Waals surface area contributed by atoms with Crippen molar-refractivity contribution in [3.8, 4) is 5.75 Å². The predicted molar refractivity (Wildman–Crippen MR) is 55.4 cm³/mol. The van der Waals surface area contributed by atoms with Gasteiger partial charge in [-0.1, -0.05) is 12.1 Å². The van der Waals surface area contributed by atoms with Crippen LogP contribution in [0.4, 0.5) is 13.2 Å². The van der Waals surface area contributed by atoms with Crippen LogP contribution in [0, 0.1) is 0 Å². The summed E-state index contributed by atoms with van der Waals surface area (Å²) in [5, 5.41) is 0. The molecule has 2 N–H and O–H groups in total. The molecule has 0 radical (unpaired) electrons. The Hall–Kier alpha value is -1.23. The lowest BCUT2D eigenvalue weighted by Gasteiger charge is -2.09. The zero-order valence-corrected chi connectivity index (χ0v) is 8.76. The molecule has 1 aromatic rings. The molecular formula is C11H14F3NO. The van der Waals surface area contributed by atoms with E-state index in [0.717, 1.165) is 18.4 Å². The van der Waals surface area contributed by atoms with Crippen LogP contribution in [-0.4, -0.2) is 19.3 Å². The Balaban J connectivity index is 2.45. The van der Waals surface area contributed by atoms with Crippen molar-refractivity contribution in [3.05, 3.63) is 29.8 Å². The highest BCUT2D eigenvalue weighted by molar-refractivity contribution is 5.27. The van der Waals surface area contributed by atoms with E-state index in [1.54, 1.807) is 12.1 Å². The van der Waals surface area contributed by atoms with Gasteiger partial charge >= 0.3 is 6.18 Å². The maximum atomic E-state index is 11.8. The largest absolute Gasteiger partial charge is 0.484 e. The summed E-state index contributed by atoms with van der Waals surface area (Å²) >= 11 is 0. The van der Waals surface area contributed by atoms with E-state index in [4.69, 9.17) is 5.73 Å². The molecule has 1 aromatic carbocycles. The molecule has 0 saturated heterocycles. The molecule has 0 heterocycles. The first kappa shape index (κ1) is 12.8. The van der Waals surface area contributed by atoms with E-state index in [1.807, 2.05) is 0 Å². The number of hydrogen-bond donors (Lipinski definition) is 1. The lowest BCUT2D eigenvalue weighted by Crippen LogP contribution is -2.19. The predicted octanol–water partition coefficient (Wildman–Crippen LogP) is 2.52. The summed E-state index contributed by atoms with van der Waals surface area (Å²) in [7, 11) is 0. The third-order valence-electron chi connectivity index (χ3n) is 2.00. The van der Waals surface area contributed by atoms with Crippen LogP contribution in [0.5, 0.6) is 5.75 Å². The minimum atomic E-state index is -4.29. The Morgan fingerprint density at radius 3 is 2.25 bits per heavy atom. The van der Waals surface area contributed by atoms with Crippen molar-refractivity contribution in [2.45, 2.75) is 19.0 Å². The average Bonchev–Trinajstić information content (AvgIpc) is 2.24. The fourth-order valence-electron chi connectivity index (χ4n) is 1.22. The van der Waals surface area contributed by atoms with E-state index >= 15 is 0 Å². The summed E-state index contributed by atoms with van der Waals surface area (Å²) in [4.78, 5) is 0. The van der Waals surface area contributed by atoms with E-state index in [9.17, 15) is 13.2 Å². The molecule has 0 atom stereocenters. The van der Waals surface area contributed by atoms with Crippen molar-refractivity contribution in [2.75, 3.05) is 13.2 Å². The van der Waals surface area contributed by atoms with Gasteiger partial charge in [-0.15, -0.1) is 0 Å². The highest BCUT2D eigenvalue weighted by Crippen LogP contribution is 2.19. The summed E-state index contributed by atoms with van der Waals surface area (Å²) in [6.07, 6.45) is -2.60. The van der Waals surface area contributed by atoms with Gasteiger partial charge in [0.05, 0.1) is 0 Å². The fourth-order valence-corrected chi connectivity index (χ4v) is 1.22. The van der Waals surface area contributed by atoms with Gasteiger partial charge in [0.25, 0.3) is 0 Å². The van der Waals surface area contributed by atoms with Crippen molar-refractivity contribution < 1.29 is 17.9 Å². The number of aryl methyl sites for hydroxylation is 1. The van der Waals surface area contributed by atoms with Gasteiger partial charge in [0.15, 0.2) is 6.61 Å². The number of benzene rings is 1. The molecule has 0 unspecified atom stereocenters. The van der Waals surface area contributed by atoms with Crippen LogP contribution in [0.1, 0.15) is 12.0 Å². The van der Waals surface area contributed by atoms with Gasteiger partial charge in [0.1, 0.15) is 5.75 Å². The molecule has 0 amide bonds. The normalized spacial score (nSPS) is 11.5. The summed E-state index contributed by atoms with van der Waals surface area (Å²) in [5.41, 5.74) is 6.40. The molecule has 0 aromatic heterocycles. The Morgan fingerprint density at radius 1 is 1.12 bits per heavy atom. The van der Waals surface area contributed by atoms with Crippen molar-refractivity contribution in [1.82, 2.24) is 0 Å². The lowest BCUT2D eigenvalue weighted by atomic mass is 10.1. The molecular weight excluding hydrogens is 219 g/mol. The minimum Gasteiger partial charge on any atom is -0.484 e. The van der Waals surface area contributed by atoms with Gasteiger partial charge < -0.3 is 10.5 Å². The zero-order chi connectivity index (χ0) is 12.0. The van der Waals surface area contributed by atoms with E-state index in [0.29, 0.717) is 6.54 Å². The highest BCUT2D eigenvalue weighted by atomic mass is 19.4. The summed E-state index contributed by atoms with van der Waals surface area (Å²) in [5.74, 6) is 0.230.